The number of nitrogens with two attached hydrogens (primary N) is 1. The summed E-state index contributed by atoms with van der Waals surface area (Å²) in [5.41, 5.74) is 6.99. The number of nitrogens with zero attached hydrogens (tertiary/aromatic N) is 2. The summed E-state index contributed by atoms with van der Waals surface area (Å²) in [5.74, 6) is 0. The molecule has 0 bridgehead atoms. The van der Waals surface area contributed by atoms with Crippen LogP contribution in [0.3, 0.4) is 0 Å². The standard InChI is InChI=1S/C13H19N3O2S/c1-10(2)16(8-4-7-14)19(17,18)12-5-6-13(15)11(3)9-12/h5-6,9-10H,4,8,15H2,1-3H3. The smallest absolute Gasteiger partial charge is 0.243 e. The molecule has 104 valence electrons. The van der Waals surface area contributed by atoms with Gasteiger partial charge < -0.3 is 5.73 Å². The highest BCUT2D eigenvalue weighted by Gasteiger charge is 2.26. The highest BCUT2D eigenvalue weighted by atomic mass is 32.2. The van der Waals surface area contributed by atoms with Crippen molar-refractivity contribution in [1.82, 2.24) is 4.31 Å². The Hall–Kier alpha value is -1.58. The number of rotatable bonds is 5. The molecule has 0 aromatic heterocycles. The number of anilines is 1. The SMILES string of the molecule is Cc1cc(S(=O)(=O)N(CCC#N)C(C)C)ccc1N. The zero-order valence-electron chi connectivity index (χ0n) is 11.4. The van der Waals surface area contributed by atoms with E-state index in [4.69, 9.17) is 11.0 Å². The quantitative estimate of drug-likeness (QED) is 0.835. The molecule has 0 unspecified atom stereocenters. The molecular formula is C13H19N3O2S. The third-order valence-corrected chi connectivity index (χ3v) is 4.94. The highest BCUT2D eigenvalue weighted by Crippen LogP contribution is 2.22. The molecule has 6 heteroatoms. The fraction of sp³-hybridized carbons (Fsp3) is 0.462. The number of aryl methyl sites for hydroxylation is 1. The Balaban J connectivity index is 3.19. The van der Waals surface area contributed by atoms with E-state index in [0.717, 1.165) is 5.56 Å². The Morgan fingerprint density at radius 1 is 1.42 bits per heavy atom. The lowest BCUT2D eigenvalue weighted by Gasteiger charge is -2.25. The second kappa shape index (κ2) is 6.04. The van der Waals surface area contributed by atoms with Gasteiger partial charge in [-0.3, -0.25) is 0 Å². The maximum atomic E-state index is 12.5. The van der Waals surface area contributed by atoms with Gasteiger partial charge in [0.1, 0.15) is 0 Å². The van der Waals surface area contributed by atoms with Crippen LogP contribution >= 0.6 is 0 Å². The summed E-state index contributed by atoms with van der Waals surface area (Å²) in [6.07, 6.45) is 0.172. The topological polar surface area (TPSA) is 87.2 Å². The van der Waals surface area contributed by atoms with Gasteiger partial charge in [0.2, 0.25) is 10.0 Å². The van der Waals surface area contributed by atoms with Crippen LogP contribution in [-0.4, -0.2) is 25.3 Å². The largest absolute Gasteiger partial charge is 0.399 e. The minimum absolute atomic E-state index is 0.172. The van der Waals surface area contributed by atoms with Gasteiger partial charge in [0.05, 0.1) is 11.0 Å². The molecule has 0 aliphatic heterocycles. The molecule has 19 heavy (non-hydrogen) atoms. The lowest BCUT2D eigenvalue weighted by molar-refractivity contribution is 0.360. The summed E-state index contributed by atoms with van der Waals surface area (Å²) in [4.78, 5) is 0.214. The molecule has 0 aliphatic rings. The number of hydrogen-bond donors (Lipinski definition) is 1. The van der Waals surface area contributed by atoms with Crippen LogP contribution in [0, 0.1) is 18.3 Å². The third-order valence-electron chi connectivity index (χ3n) is 2.87. The van der Waals surface area contributed by atoms with E-state index in [1.165, 1.54) is 10.4 Å². The minimum atomic E-state index is -3.59. The van der Waals surface area contributed by atoms with Crippen LogP contribution in [-0.2, 0) is 10.0 Å². The molecule has 5 nitrogen and oxygen atoms in total. The first-order valence-electron chi connectivity index (χ1n) is 6.05. The lowest BCUT2D eigenvalue weighted by Crippen LogP contribution is -2.37. The monoisotopic (exact) mass is 281 g/mol. The van der Waals surface area contributed by atoms with Crippen molar-refractivity contribution >= 4 is 15.7 Å². The number of hydrogen-bond acceptors (Lipinski definition) is 4. The predicted molar refractivity (Wildman–Crippen MR) is 74.8 cm³/mol. The normalized spacial score (nSPS) is 11.8. The van der Waals surface area contributed by atoms with E-state index in [1.807, 2.05) is 6.07 Å². The van der Waals surface area contributed by atoms with Crippen LogP contribution in [0.2, 0.25) is 0 Å². The second-order valence-electron chi connectivity index (χ2n) is 4.64. The van der Waals surface area contributed by atoms with E-state index in [2.05, 4.69) is 0 Å². The predicted octanol–water partition coefficient (Wildman–Crippen LogP) is 1.89. The molecular weight excluding hydrogens is 262 g/mol. The zero-order valence-corrected chi connectivity index (χ0v) is 12.2. The van der Waals surface area contributed by atoms with Crippen molar-refractivity contribution in [2.24, 2.45) is 0 Å². The van der Waals surface area contributed by atoms with E-state index in [9.17, 15) is 8.42 Å². The molecule has 1 aromatic rings. The van der Waals surface area contributed by atoms with Gasteiger partial charge in [-0.2, -0.15) is 9.57 Å². The van der Waals surface area contributed by atoms with Gasteiger partial charge in [-0.15, -0.1) is 0 Å². The molecule has 2 N–H and O–H groups in total. The Morgan fingerprint density at radius 2 is 2.05 bits per heavy atom. The average Bonchev–Trinajstić information content (AvgIpc) is 2.32. The summed E-state index contributed by atoms with van der Waals surface area (Å²) in [5, 5.41) is 8.63. The van der Waals surface area contributed by atoms with Crippen molar-refractivity contribution in [2.45, 2.75) is 38.1 Å². The summed E-state index contributed by atoms with van der Waals surface area (Å²) < 4.78 is 26.4. The zero-order chi connectivity index (χ0) is 14.6. The average molecular weight is 281 g/mol. The van der Waals surface area contributed by atoms with Gasteiger partial charge in [-0.05, 0) is 44.5 Å². The molecule has 0 fully saturated rings. The van der Waals surface area contributed by atoms with Gasteiger partial charge in [0.15, 0.2) is 0 Å². The molecule has 0 saturated heterocycles. The van der Waals surface area contributed by atoms with Crippen molar-refractivity contribution < 1.29 is 8.42 Å². The van der Waals surface area contributed by atoms with E-state index >= 15 is 0 Å². The Morgan fingerprint density at radius 3 is 2.53 bits per heavy atom. The number of nitriles is 1. The van der Waals surface area contributed by atoms with Gasteiger partial charge in [-0.25, -0.2) is 8.42 Å². The number of nitrogen functional groups attached to an aromatic ring is 1. The van der Waals surface area contributed by atoms with E-state index < -0.39 is 10.0 Å². The van der Waals surface area contributed by atoms with Crippen LogP contribution in [0.15, 0.2) is 23.1 Å². The summed E-state index contributed by atoms with van der Waals surface area (Å²) in [6, 6.07) is 6.42. The maximum absolute atomic E-state index is 12.5. The third kappa shape index (κ3) is 3.46. The molecule has 0 saturated carbocycles. The molecule has 1 rings (SSSR count). The van der Waals surface area contributed by atoms with Crippen molar-refractivity contribution in [3.05, 3.63) is 23.8 Å². The van der Waals surface area contributed by atoms with Gasteiger partial charge in [-0.1, -0.05) is 0 Å². The Bertz CT molecular complexity index is 588. The number of benzene rings is 1. The fourth-order valence-corrected chi connectivity index (χ4v) is 3.48. The van der Waals surface area contributed by atoms with Crippen LogP contribution in [0.4, 0.5) is 5.69 Å². The van der Waals surface area contributed by atoms with Gasteiger partial charge >= 0.3 is 0 Å². The van der Waals surface area contributed by atoms with Gasteiger partial charge in [0, 0.05) is 24.7 Å². The second-order valence-corrected chi connectivity index (χ2v) is 6.53. The van der Waals surface area contributed by atoms with E-state index in [0.29, 0.717) is 5.69 Å². The molecule has 1 aromatic carbocycles. The van der Waals surface area contributed by atoms with Crippen LogP contribution in [0.5, 0.6) is 0 Å². The lowest BCUT2D eigenvalue weighted by atomic mass is 10.2. The molecule has 0 heterocycles. The first kappa shape index (κ1) is 15.5. The van der Waals surface area contributed by atoms with Crippen LogP contribution in [0.1, 0.15) is 25.8 Å². The minimum Gasteiger partial charge on any atom is -0.399 e. The van der Waals surface area contributed by atoms with E-state index in [1.54, 1.807) is 32.9 Å². The molecule has 0 aliphatic carbocycles. The summed E-state index contributed by atoms with van der Waals surface area (Å²) >= 11 is 0. The van der Waals surface area contributed by atoms with Crippen LogP contribution in [0.25, 0.3) is 0 Å². The molecule has 0 amide bonds. The van der Waals surface area contributed by atoms with Crippen molar-refractivity contribution in [3.63, 3.8) is 0 Å². The van der Waals surface area contributed by atoms with Crippen molar-refractivity contribution in [2.75, 3.05) is 12.3 Å². The summed E-state index contributed by atoms with van der Waals surface area (Å²) in [7, 11) is -3.59. The van der Waals surface area contributed by atoms with Crippen molar-refractivity contribution in [1.29, 1.82) is 5.26 Å². The summed E-state index contributed by atoms with van der Waals surface area (Å²) in [6.45, 7) is 5.54. The molecule has 0 atom stereocenters. The van der Waals surface area contributed by atoms with Crippen LogP contribution < -0.4 is 5.73 Å². The van der Waals surface area contributed by atoms with E-state index in [-0.39, 0.29) is 23.9 Å². The fourth-order valence-electron chi connectivity index (χ4n) is 1.76. The Kier molecular flexibility index (Phi) is 4.92. The molecule has 0 spiro atoms. The maximum Gasteiger partial charge on any atom is 0.243 e. The first-order valence-corrected chi connectivity index (χ1v) is 7.49. The first-order chi connectivity index (χ1) is 8.80. The van der Waals surface area contributed by atoms with Crippen molar-refractivity contribution in [3.8, 4) is 6.07 Å². The molecule has 0 radical (unpaired) electrons. The van der Waals surface area contributed by atoms with Gasteiger partial charge in [0.25, 0.3) is 0 Å². The highest BCUT2D eigenvalue weighted by molar-refractivity contribution is 7.89. The Labute approximate surface area is 114 Å². The number of sulfonamides is 1.